The molecule has 1 aliphatic rings. The molecular formula is C20H24N8OS. The first-order valence-electron chi connectivity index (χ1n) is 9.89. The Kier molecular flexibility index (Phi) is 4.76. The molecule has 0 bridgehead atoms. The maximum Gasteiger partial charge on any atom is 0.180 e. The van der Waals surface area contributed by atoms with Gasteiger partial charge in [0.25, 0.3) is 0 Å². The molecule has 0 aromatic carbocycles. The Morgan fingerprint density at radius 1 is 1.33 bits per heavy atom. The topological polar surface area (TPSA) is 96.3 Å². The Bertz CT molecular complexity index is 1160. The van der Waals surface area contributed by atoms with Crippen molar-refractivity contribution in [2.45, 2.75) is 32.9 Å². The fourth-order valence-electron chi connectivity index (χ4n) is 3.74. The molecule has 1 fully saturated rings. The van der Waals surface area contributed by atoms with Gasteiger partial charge in [0.1, 0.15) is 5.00 Å². The lowest BCUT2D eigenvalue weighted by Gasteiger charge is -2.41. The minimum absolute atomic E-state index is 0.0129. The van der Waals surface area contributed by atoms with Crippen LogP contribution in [-0.4, -0.2) is 59.1 Å². The summed E-state index contributed by atoms with van der Waals surface area (Å²) >= 11 is 1.44. The number of ether oxygens (including phenoxy) is 1. The van der Waals surface area contributed by atoms with E-state index in [4.69, 9.17) is 4.74 Å². The van der Waals surface area contributed by atoms with Crippen molar-refractivity contribution in [2.75, 3.05) is 25.1 Å². The van der Waals surface area contributed by atoms with Crippen LogP contribution in [0.25, 0.3) is 16.9 Å². The molecule has 5 rings (SSSR count). The lowest BCUT2D eigenvalue weighted by Crippen LogP contribution is -2.52. The molecule has 1 aliphatic heterocycles. The number of H-pyrrole nitrogens is 1. The van der Waals surface area contributed by atoms with Crippen LogP contribution in [0.1, 0.15) is 25.2 Å². The van der Waals surface area contributed by atoms with Crippen molar-refractivity contribution in [1.82, 2.24) is 33.8 Å². The molecule has 1 saturated heterocycles. The lowest BCUT2D eigenvalue weighted by molar-refractivity contribution is -0.0556. The van der Waals surface area contributed by atoms with Gasteiger partial charge in [-0.1, -0.05) is 0 Å². The number of aromatic amines is 1. The van der Waals surface area contributed by atoms with Crippen LogP contribution >= 0.6 is 11.5 Å². The number of aromatic nitrogens is 6. The third kappa shape index (κ3) is 3.57. The summed E-state index contributed by atoms with van der Waals surface area (Å²) in [7, 11) is 0. The predicted molar refractivity (Wildman–Crippen MR) is 116 cm³/mol. The number of rotatable bonds is 5. The maximum atomic E-state index is 5.62. The average Bonchev–Trinajstić information content (AvgIpc) is 3.44. The molecule has 0 radical (unpaired) electrons. The van der Waals surface area contributed by atoms with Gasteiger partial charge >= 0.3 is 0 Å². The number of hydrogen-bond donors (Lipinski definition) is 2. The van der Waals surface area contributed by atoms with Crippen molar-refractivity contribution >= 4 is 28.0 Å². The number of fused-ring (bicyclic) bond motifs is 1. The summed E-state index contributed by atoms with van der Waals surface area (Å²) in [5, 5.41) is 11.3. The van der Waals surface area contributed by atoms with Crippen LogP contribution < -0.4 is 5.32 Å². The van der Waals surface area contributed by atoms with Crippen LogP contribution in [0.5, 0.6) is 0 Å². The van der Waals surface area contributed by atoms with Crippen LogP contribution in [0.3, 0.4) is 0 Å². The molecular weight excluding hydrogens is 400 g/mol. The van der Waals surface area contributed by atoms with E-state index in [1.807, 2.05) is 29.9 Å². The molecule has 0 spiro atoms. The summed E-state index contributed by atoms with van der Waals surface area (Å²) in [4.78, 5) is 11.7. The summed E-state index contributed by atoms with van der Waals surface area (Å²) in [6, 6.07) is 2.09. The zero-order chi connectivity index (χ0) is 20.7. The molecule has 0 saturated carbocycles. The molecule has 156 valence electrons. The van der Waals surface area contributed by atoms with Gasteiger partial charge in [-0.15, -0.1) is 0 Å². The number of hydrogen-bond acceptors (Lipinski definition) is 8. The summed E-state index contributed by atoms with van der Waals surface area (Å²) in [6.45, 7) is 9.62. The van der Waals surface area contributed by atoms with E-state index < -0.39 is 0 Å². The zero-order valence-electron chi connectivity index (χ0n) is 17.2. The van der Waals surface area contributed by atoms with E-state index in [2.05, 4.69) is 54.7 Å². The fourth-order valence-corrected chi connectivity index (χ4v) is 4.40. The van der Waals surface area contributed by atoms with Crippen molar-refractivity contribution in [3.63, 3.8) is 0 Å². The highest BCUT2D eigenvalue weighted by Gasteiger charge is 2.30. The molecule has 9 nitrogen and oxygen atoms in total. The highest BCUT2D eigenvalue weighted by Crippen LogP contribution is 2.28. The van der Waals surface area contributed by atoms with E-state index in [1.54, 1.807) is 6.20 Å². The van der Waals surface area contributed by atoms with Crippen molar-refractivity contribution < 1.29 is 4.74 Å². The Labute approximate surface area is 178 Å². The summed E-state index contributed by atoms with van der Waals surface area (Å²) in [5.74, 6) is 0.714. The fraction of sp³-hybridized carbons (Fsp3) is 0.400. The number of anilines is 2. The average molecular weight is 425 g/mol. The van der Waals surface area contributed by atoms with Gasteiger partial charge in [0, 0.05) is 36.6 Å². The maximum absolute atomic E-state index is 5.62. The second-order valence-electron chi connectivity index (χ2n) is 8.15. The van der Waals surface area contributed by atoms with Crippen LogP contribution in [-0.2, 0) is 11.3 Å². The highest BCUT2D eigenvalue weighted by molar-refractivity contribution is 7.10. The molecule has 0 aliphatic carbocycles. The second kappa shape index (κ2) is 7.46. The third-order valence-electron chi connectivity index (χ3n) is 5.38. The van der Waals surface area contributed by atoms with Crippen molar-refractivity contribution in [3.8, 4) is 11.3 Å². The molecule has 10 heteroatoms. The van der Waals surface area contributed by atoms with Gasteiger partial charge in [-0.3, -0.25) is 14.4 Å². The molecule has 2 N–H and O–H groups in total. The van der Waals surface area contributed by atoms with Crippen LogP contribution in [0.15, 0.2) is 30.9 Å². The summed E-state index contributed by atoms with van der Waals surface area (Å²) < 4.78 is 12.3. The normalized spacial score (nSPS) is 16.9. The van der Waals surface area contributed by atoms with E-state index in [0.717, 1.165) is 59.6 Å². The van der Waals surface area contributed by atoms with Gasteiger partial charge in [0.05, 0.1) is 42.7 Å². The van der Waals surface area contributed by atoms with E-state index in [1.165, 1.54) is 11.5 Å². The van der Waals surface area contributed by atoms with Gasteiger partial charge in [-0.25, -0.2) is 9.97 Å². The molecule has 4 aromatic rings. The van der Waals surface area contributed by atoms with Crippen molar-refractivity contribution in [3.05, 3.63) is 42.2 Å². The van der Waals surface area contributed by atoms with Crippen LogP contribution in [0.2, 0.25) is 0 Å². The Balaban J connectivity index is 1.40. The molecule has 4 aromatic heterocycles. The largest absolute Gasteiger partial charge is 0.378 e. The van der Waals surface area contributed by atoms with Crippen molar-refractivity contribution in [1.29, 1.82) is 0 Å². The first-order chi connectivity index (χ1) is 14.5. The Morgan fingerprint density at radius 3 is 3.03 bits per heavy atom. The number of nitrogens with one attached hydrogen (secondary N) is 2. The lowest BCUT2D eigenvalue weighted by atomic mass is 10.0. The standard InChI is InChI=1S/C20H24N8OS/c1-13-10-28-16(14-7-22-23-8-14)9-21-19(28)18(24-13)25-17-6-15(26-30-17)11-27-4-5-29-12-20(27,2)3/h6-10H,4-5,11-12H2,1-3H3,(H,22,23)(H,24,25). The second-order valence-corrected chi connectivity index (χ2v) is 8.95. The van der Waals surface area contributed by atoms with E-state index in [9.17, 15) is 0 Å². The van der Waals surface area contributed by atoms with E-state index in [0.29, 0.717) is 5.82 Å². The van der Waals surface area contributed by atoms with E-state index >= 15 is 0 Å². The van der Waals surface area contributed by atoms with Gasteiger partial charge in [-0.05, 0) is 38.4 Å². The van der Waals surface area contributed by atoms with Crippen LogP contribution in [0.4, 0.5) is 10.8 Å². The van der Waals surface area contributed by atoms with Gasteiger partial charge in [0.15, 0.2) is 11.5 Å². The first kappa shape index (κ1) is 19.2. The Hall–Kier alpha value is -2.82. The monoisotopic (exact) mass is 424 g/mol. The quantitative estimate of drug-likeness (QED) is 0.508. The SMILES string of the molecule is Cc1cn2c(-c3cn[nH]c3)cnc2c(Nc2cc(CN3CCOCC3(C)C)ns2)n1. The summed E-state index contributed by atoms with van der Waals surface area (Å²) in [6.07, 6.45) is 7.46. The van der Waals surface area contributed by atoms with Crippen molar-refractivity contribution in [2.24, 2.45) is 0 Å². The van der Waals surface area contributed by atoms with Crippen LogP contribution in [0, 0.1) is 6.92 Å². The number of morpholine rings is 1. The molecule has 0 amide bonds. The van der Waals surface area contributed by atoms with E-state index in [-0.39, 0.29) is 5.54 Å². The summed E-state index contributed by atoms with van der Waals surface area (Å²) in [5.41, 5.74) is 4.66. The molecule has 30 heavy (non-hydrogen) atoms. The molecule has 5 heterocycles. The number of nitrogens with zero attached hydrogens (tertiary/aromatic N) is 6. The molecule has 0 atom stereocenters. The number of imidazole rings is 1. The smallest absolute Gasteiger partial charge is 0.180 e. The van der Waals surface area contributed by atoms with Gasteiger partial charge in [0.2, 0.25) is 0 Å². The predicted octanol–water partition coefficient (Wildman–Crippen LogP) is 3.24. The highest BCUT2D eigenvalue weighted by atomic mass is 32.1. The zero-order valence-corrected chi connectivity index (χ0v) is 18.0. The Morgan fingerprint density at radius 2 is 2.23 bits per heavy atom. The minimum Gasteiger partial charge on any atom is -0.378 e. The van der Waals surface area contributed by atoms with Gasteiger partial charge < -0.3 is 10.1 Å². The number of aryl methyl sites for hydroxylation is 1. The molecule has 0 unspecified atom stereocenters. The minimum atomic E-state index is 0.0129. The third-order valence-corrected chi connectivity index (χ3v) is 6.12. The first-order valence-corrected chi connectivity index (χ1v) is 10.7. The van der Waals surface area contributed by atoms with Gasteiger partial charge in [-0.2, -0.15) is 9.47 Å².